The summed E-state index contributed by atoms with van der Waals surface area (Å²) in [6, 6.07) is 10.3. The van der Waals surface area contributed by atoms with Crippen LogP contribution in [-0.4, -0.2) is 83.7 Å². The zero-order valence-electron chi connectivity index (χ0n) is 32.6. The van der Waals surface area contributed by atoms with Crippen LogP contribution in [0.15, 0.2) is 48.6 Å². The minimum absolute atomic E-state index is 0.163. The number of nitrogens with one attached hydrogen (secondary N) is 2. The summed E-state index contributed by atoms with van der Waals surface area (Å²) < 4.78 is 45.7. The molecular formula is C42H51N5O8S. The van der Waals surface area contributed by atoms with E-state index in [4.69, 9.17) is 19.2 Å². The van der Waals surface area contributed by atoms with Crippen molar-refractivity contribution >= 4 is 38.6 Å². The van der Waals surface area contributed by atoms with Gasteiger partial charge in [-0.2, -0.15) is 0 Å². The number of aryl methyl sites for hydroxylation is 2. The van der Waals surface area contributed by atoms with Crippen LogP contribution in [-0.2, 0) is 37.2 Å². The fourth-order valence-electron chi connectivity index (χ4n) is 8.87. The molecule has 3 aliphatic heterocycles. The van der Waals surface area contributed by atoms with Gasteiger partial charge in [0.05, 0.1) is 36.7 Å². The number of amides is 3. The number of sulfonamides is 1. The van der Waals surface area contributed by atoms with Crippen molar-refractivity contribution in [1.29, 1.82) is 0 Å². The van der Waals surface area contributed by atoms with Crippen LogP contribution >= 0.6 is 0 Å². The largest absolute Gasteiger partial charge is 0.497 e. The van der Waals surface area contributed by atoms with E-state index in [1.54, 1.807) is 32.1 Å². The first-order valence-corrected chi connectivity index (χ1v) is 21.3. The van der Waals surface area contributed by atoms with Crippen LogP contribution in [0.1, 0.15) is 88.1 Å². The van der Waals surface area contributed by atoms with Gasteiger partial charge < -0.3 is 24.4 Å². The molecule has 1 aromatic carbocycles. The SMILES string of the molecule is COc1ccc2nc(C)c3c(c2c1)CC[C@]1(C[C@H]2C(=O)N[C@]4(C(=O)NS(=O)(=O)C5(C)CC5)C[C@H]4/C=C\CCCCC[C@H](Cc4cccc(OC)n4)C(=O)N2C1)O3. The monoisotopic (exact) mass is 785 g/mol. The van der Waals surface area contributed by atoms with E-state index in [2.05, 4.69) is 15.0 Å². The number of fused-ring (bicyclic) bond motifs is 5. The van der Waals surface area contributed by atoms with Crippen molar-refractivity contribution in [3.05, 3.63) is 65.5 Å². The molecule has 5 heterocycles. The number of methoxy groups -OCH3 is 2. The number of carbonyl (C=O) groups excluding carboxylic acids is 3. The third kappa shape index (κ3) is 6.98. The molecule has 8 rings (SSSR count). The third-order valence-corrected chi connectivity index (χ3v) is 14.9. The number of hydrogen-bond acceptors (Lipinski definition) is 10. The molecule has 3 amide bonds. The van der Waals surface area contributed by atoms with Crippen LogP contribution in [0.5, 0.6) is 17.4 Å². The molecule has 5 atom stereocenters. The van der Waals surface area contributed by atoms with Gasteiger partial charge in [-0.05, 0) is 89.5 Å². The Kier molecular flexibility index (Phi) is 9.77. The Morgan fingerprint density at radius 3 is 2.64 bits per heavy atom. The number of nitrogens with zero attached hydrogens (tertiary/aromatic N) is 3. The van der Waals surface area contributed by atoms with Crippen molar-refractivity contribution in [3.63, 3.8) is 0 Å². The van der Waals surface area contributed by atoms with Gasteiger partial charge in [-0.25, -0.2) is 18.4 Å². The number of allylic oxidation sites excluding steroid dienone is 1. The molecule has 0 radical (unpaired) electrons. The van der Waals surface area contributed by atoms with E-state index in [0.29, 0.717) is 67.3 Å². The average molecular weight is 786 g/mol. The van der Waals surface area contributed by atoms with Crippen LogP contribution in [0.2, 0.25) is 0 Å². The second-order valence-corrected chi connectivity index (χ2v) is 18.8. The first kappa shape index (κ1) is 38.2. The molecular weight excluding hydrogens is 735 g/mol. The molecule has 3 aromatic rings. The van der Waals surface area contributed by atoms with Crippen LogP contribution in [0.3, 0.4) is 0 Å². The van der Waals surface area contributed by atoms with Gasteiger partial charge in [0, 0.05) is 47.4 Å². The maximum absolute atomic E-state index is 15.0. The van der Waals surface area contributed by atoms with E-state index in [0.717, 1.165) is 42.1 Å². The Balaban J connectivity index is 1.15. The molecule has 2 aliphatic carbocycles. The maximum Gasteiger partial charge on any atom is 0.259 e. The molecule has 0 unspecified atom stereocenters. The Morgan fingerprint density at radius 1 is 1.05 bits per heavy atom. The molecule has 2 aromatic heterocycles. The van der Waals surface area contributed by atoms with Gasteiger partial charge in [0.2, 0.25) is 27.7 Å². The smallest absolute Gasteiger partial charge is 0.259 e. The summed E-state index contributed by atoms with van der Waals surface area (Å²) >= 11 is 0. The highest BCUT2D eigenvalue weighted by molar-refractivity contribution is 7.91. The molecule has 298 valence electrons. The van der Waals surface area contributed by atoms with Gasteiger partial charge in [-0.15, -0.1) is 0 Å². The number of hydrogen-bond donors (Lipinski definition) is 2. The molecule has 1 spiro atoms. The second-order valence-electron chi connectivity index (χ2n) is 16.7. The van der Waals surface area contributed by atoms with E-state index in [-0.39, 0.29) is 31.2 Å². The summed E-state index contributed by atoms with van der Waals surface area (Å²) in [7, 11) is -0.780. The van der Waals surface area contributed by atoms with Crippen molar-refractivity contribution in [2.75, 3.05) is 20.8 Å². The van der Waals surface area contributed by atoms with E-state index >= 15 is 0 Å². The lowest BCUT2D eigenvalue weighted by Gasteiger charge is -2.36. The van der Waals surface area contributed by atoms with Crippen molar-refractivity contribution in [1.82, 2.24) is 24.9 Å². The fraction of sp³-hybridized carbons (Fsp3) is 0.548. The Morgan fingerprint density at radius 2 is 1.88 bits per heavy atom. The van der Waals surface area contributed by atoms with Crippen LogP contribution in [0, 0.1) is 18.8 Å². The maximum atomic E-state index is 15.0. The number of rotatable bonds is 7. The van der Waals surface area contributed by atoms with Gasteiger partial charge >= 0.3 is 0 Å². The minimum Gasteiger partial charge on any atom is -0.497 e. The van der Waals surface area contributed by atoms with Gasteiger partial charge in [0.1, 0.15) is 28.7 Å². The lowest BCUT2D eigenvalue weighted by Crippen LogP contribution is -2.57. The van der Waals surface area contributed by atoms with Crippen molar-refractivity contribution < 1.29 is 37.0 Å². The number of pyridine rings is 2. The topological polar surface area (TPSA) is 166 Å². The predicted octanol–water partition coefficient (Wildman–Crippen LogP) is 4.87. The summed E-state index contributed by atoms with van der Waals surface area (Å²) in [6.45, 7) is 3.69. The number of aromatic nitrogens is 2. The highest BCUT2D eigenvalue weighted by Crippen LogP contribution is 2.49. The van der Waals surface area contributed by atoms with E-state index in [9.17, 15) is 22.8 Å². The van der Waals surface area contributed by atoms with Gasteiger partial charge in [-0.1, -0.05) is 31.1 Å². The van der Waals surface area contributed by atoms with E-state index < -0.39 is 49.7 Å². The van der Waals surface area contributed by atoms with Gasteiger partial charge in [-0.3, -0.25) is 19.1 Å². The van der Waals surface area contributed by atoms with Gasteiger partial charge in [0.15, 0.2) is 0 Å². The zero-order chi connectivity index (χ0) is 39.5. The van der Waals surface area contributed by atoms with E-state index in [1.807, 2.05) is 49.4 Å². The molecule has 2 N–H and O–H groups in total. The predicted molar refractivity (Wildman–Crippen MR) is 209 cm³/mol. The molecule has 5 aliphatic rings. The molecule has 13 nitrogen and oxygen atoms in total. The summed E-state index contributed by atoms with van der Waals surface area (Å²) in [5, 5.41) is 3.95. The summed E-state index contributed by atoms with van der Waals surface area (Å²) in [6.07, 6.45) is 10.8. The first-order valence-electron chi connectivity index (χ1n) is 19.8. The van der Waals surface area contributed by atoms with Crippen molar-refractivity contribution in [3.8, 4) is 17.4 Å². The highest BCUT2D eigenvalue weighted by atomic mass is 32.2. The van der Waals surface area contributed by atoms with Crippen molar-refractivity contribution in [2.45, 2.75) is 113 Å². The van der Waals surface area contributed by atoms with Crippen LogP contribution in [0.25, 0.3) is 10.9 Å². The van der Waals surface area contributed by atoms with Gasteiger partial charge in [0.25, 0.3) is 5.91 Å². The molecule has 14 heteroatoms. The summed E-state index contributed by atoms with van der Waals surface area (Å²) in [4.78, 5) is 54.9. The third-order valence-electron chi connectivity index (χ3n) is 12.7. The lowest BCUT2D eigenvalue weighted by molar-refractivity contribution is -0.143. The Bertz CT molecular complexity index is 2220. The normalized spacial score (nSPS) is 29.1. The van der Waals surface area contributed by atoms with E-state index in [1.165, 1.54) is 0 Å². The standard InChI is InChI=1S/C42H51N5O8S/c1-26-36-31(32-22-30(53-3)15-16-33(32)43-26)17-18-41(55-36)24-34-37(48)45-42(39(50)46-56(51,52)40(2)19-20-40)23-28(42)12-9-7-5-6-8-11-27(38(49)47(34)25-41)21-29-13-10-14-35(44-29)54-4/h9-10,12-16,22,27-28,34H,5-8,11,17-21,23-25H2,1-4H3,(H,45,48)(H,46,50)/b12-9-/t27-,28-,34+,41-,42-/m1/s1. The fourth-order valence-corrected chi connectivity index (χ4v) is 10.2. The molecule has 56 heavy (non-hydrogen) atoms. The quantitative estimate of drug-likeness (QED) is 0.316. The Labute approximate surface area is 328 Å². The minimum atomic E-state index is -3.96. The van der Waals surface area contributed by atoms with Crippen molar-refractivity contribution in [2.24, 2.45) is 11.8 Å². The molecule has 1 saturated heterocycles. The Hall–Kier alpha value is -4.72. The zero-order valence-corrected chi connectivity index (χ0v) is 33.4. The second kappa shape index (κ2) is 14.3. The summed E-state index contributed by atoms with van der Waals surface area (Å²) in [5.41, 5.74) is 0.904. The average Bonchev–Trinajstić information content (AvgIpc) is 4.08. The lowest BCUT2D eigenvalue weighted by atomic mass is 9.87. The number of benzene rings is 1. The van der Waals surface area contributed by atoms with Crippen LogP contribution in [0.4, 0.5) is 0 Å². The first-order chi connectivity index (χ1) is 26.8. The molecule has 2 saturated carbocycles. The van der Waals surface area contributed by atoms with Crippen LogP contribution < -0.4 is 24.2 Å². The number of carbonyl (C=O) groups is 3. The number of ether oxygens (including phenoxy) is 3. The summed E-state index contributed by atoms with van der Waals surface area (Å²) in [5.74, 6) is -0.474. The highest BCUT2D eigenvalue weighted by Gasteiger charge is 2.64. The molecule has 0 bridgehead atoms. The molecule has 3 fully saturated rings.